The van der Waals surface area contributed by atoms with Gasteiger partial charge in [-0.25, -0.2) is 0 Å². The Morgan fingerprint density at radius 2 is 1.57 bits per heavy atom. The minimum absolute atomic E-state index is 0. The molecule has 3 nitrogen and oxygen atoms in total. The quantitative estimate of drug-likeness (QED) is 0.823. The molecule has 112 valence electrons. The zero-order chi connectivity index (χ0) is 14.2. The maximum Gasteiger partial charge on any atom is 0.304 e. The Bertz CT molecular complexity index is 531. The molecule has 0 radical (unpaired) electrons. The van der Waals surface area contributed by atoms with Gasteiger partial charge < -0.3 is 10.4 Å². The van der Waals surface area contributed by atoms with Gasteiger partial charge in [-0.3, -0.25) is 4.79 Å². The van der Waals surface area contributed by atoms with Crippen molar-refractivity contribution in [3.8, 4) is 0 Å². The third-order valence-electron chi connectivity index (χ3n) is 3.25. The third-order valence-corrected chi connectivity index (χ3v) is 3.25. The molecule has 0 aliphatic rings. The highest BCUT2D eigenvalue weighted by atomic mass is 35.5. The van der Waals surface area contributed by atoms with Crippen molar-refractivity contribution in [3.05, 3.63) is 71.8 Å². The normalized spacial score (nSPS) is 11.4. The highest BCUT2D eigenvalue weighted by Crippen LogP contribution is 2.18. The Labute approximate surface area is 131 Å². The van der Waals surface area contributed by atoms with Crippen LogP contribution in [0.4, 0.5) is 0 Å². The van der Waals surface area contributed by atoms with Crippen molar-refractivity contribution in [2.45, 2.75) is 18.9 Å². The highest BCUT2D eigenvalue weighted by Gasteiger charge is 2.14. The zero-order valence-electron chi connectivity index (χ0n) is 11.7. The second-order valence-electron chi connectivity index (χ2n) is 4.82. The van der Waals surface area contributed by atoms with Crippen LogP contribution in [0, 0.1) is 0 Å². The molecule has 1 atom stereocenters. The van der Waals surface area contributed by atoms with Gasteiger partial charge in [0.1, 0.15) is 0 Å². The Balaban J connectivity index is 0.00000220. The van der Waals surface area contributed by atoms with Crippen molar-refractivity contribution in [1.29, 1.82) is 0 Å². The van der Waals surface area contributed by atoms with Gasteiger partial charge in [-0.1, -0.05) is 60.7 Å². The summed E-state index contributed by atoms with van der Waals surface area (Å²) < 4.78 is 0. The molecule has 4 heteroatoms. The van der Waals surface area contributed by atoms with E-state index in [9.17, 15) is 4.79 Å². The lowest BCUT2D eigenvalue weighted by Crippen LogP contribution is -2.23. The lowest BCUT2D eigenvalue weighted by atomic mass is 9.95. The maximum absolute atomic E-state index is 11.0. The molecule has 0 saturated heterocycles. The van der Waals surface area contributed by atoms with E-state index < -0.39 is 5.97 Å². The SMILES string of the molecule is Cl.O=C(O)CC(CNCc1ccccc1)c1ccccc1. The summed E-state index contributed by atoms with van der Waals surface area (Å²) in [5, 5.41) is 12.4. The molecule has 0 amide bonds. The Kier molecular flexibility index (Phi) is 7.51. The van der Waals surface area contributed by atoms with Crippen LogP contribution in [-0.4, -0.2) is 17.6 Å². The molecular formula is C17H20ClNO2. The van der Waals surface area contributed by atoms with Gasteiger partial charge in [0.25, 0.3) is 0 Å². The van der Waals surface area contributed by atoms with E-state index in [0.29, 0.717) is 6.54 Å². The number of hydrogen-bond acceptors (Lipinski definition) is 2. The maximum atomic E-state index is 11.0. The van der Waals surface area contributed by atoms with Crippen LogP contribution in [0.5, 0.6) is 0 Å². The van der Waals surface area contributed by atoms with Crippen LogP contribution in [0.1, 0.15) is 23.5 Å². The van der Waals surface area contributed by atoms with E-state index >= 15 is 0 Å². The number of benzene rings is 2. The number of carboxylic acids is 1. The summed E-state index contributed by atoms with van der Waals surface area (Å²) in [5.41, 5.74) is 2.27. The van der Waals surface area contributed by atoms with E-state index in [2.05, 4.69) is 17.4 Å². The van der Waals surface area contributed by atoms with Gasteiger partial charge in [0.2, 0.25) is 0 Å². The topological polar surface area (TPSA) is 49.3 Å². The molecular weight excluding hydrogens is 286 g/mol. The van der Waals surface area contributed by atoms with Crippen molar-refractivity contribution in [1.82, 2.24) is 5.32 Å². The van der Waals surface area contributed by atoms with E-state index in [4.69, 9.17) is 5.11 Å². The summed E-state index contributed by atoms with van der Waals surface area (Å²) in [5.74, 6) is -0.766. The molecule has 1 unspecified atom stereocenters. The molecule has 0 aromatic heterocycles. The first-order chi connectivity index (χ1) is 9.75. The number of rotatable bonds is 7. The first-order valence-electron chi connectivity index (χ1n) is 6.77. The highest BCUT2D eigenvalue weighted by molar-refractivity contribution is 5.85. The second-order valence-corrected chi connectivity index (χ2v) is 4.82. The molecule has 0 bridgehead atoms. The van der Waals surface area contributed by atoms with Gasteiger partial charge in [-0.05, 0) is 11.1 Å². The molecule has 0 spiro atoms. The smallest absolute Gasteiger partial charge is 0.304 e. The average molecular weight is 306 g/mol. The number of halogens is 1. The average Bonchev–Trinajstić information content (AvgIpc) is 2.48. The van der Waals surface area contributed by atoms with Crippen LogP contribution >= 0.6 is 12.4 Å². The lowest BCUT2D eigenvalue weighted by molar-refractivity contribution is -0.137. The van der Waals surface area contributed by atoms with E-state index in [-0.39, 0.29) is 24.7 Å². The number of carboxylic acid groups (broad SMARTS) is 1. The van der Waals surface area contributed by atoms with E-state index in [1.54, 1.807) is 0 Å². The molecule has 0 aliphatic carbocycles. The molecule has 21 heavy (non-hydrogen) atoms. The molecule has 2 aromatic rings. The van der Waals surface area contributed by atoms with Crippen LogP contribution in [0.25, 0.3) is 0 Å². The van der Waals surface area contributed by atoms with Gasteiger partial charge in [0, 0.05) is 19.0 Å². The number of hydrogen-bond donors (Lipinski definition) is 2. The summed E-state index contributed by atoms with van der Waals surface area (Å²) >= 11 is 0. The van der Waals surface area contributed by atoms with Gasteiger partial charge in [-0.15, -0.1) is 12.4 Å². The van der Waals surface area contributed by atoms with Gasteiger partial charge >= 0.3 is 5.97 Å². The molecule has 2 aromatic carbocycles. The zero-order valence-corrected chi connectivity index (χ0v) is 12.6. The van der Waals surface area contributed by atoms with Crippen LogP contribution in [0.15, 0.2) is 60.7 Å². The third kappa shape index (κ3) is 5.98. The van der Waals surface area contributed by atoms with Gasteiger partial charge in [0.05, 0.1) is 6.42 Å². The first kappa shape index (κ1) is 17.2. The van der Waals surface area contributed by atoms with Crippen molar-refractivity contribution in [2.75, 3.05) is 6.54 Å². The predicted octanol–water partition coefficient (Wildman–Crippen LogP) is 3.46. The van der Waals surface area contributed by atoms with E-state index in [1.807, 2.05) is 48.5 Å². The summed E-state index contributed by atoms with van der Waals surface area (Å²) in [6.07, 6.45) is 0.145. The fourth-order valence-electron chi connectivity index (χ4n) is 2.23. The molecule has 0 saturated carbocycles. The van der Waals surface area contributed by atoms with Crippen molar-refractivity contribution < 1.29 is 9.90 Å². The number of aliphatic carboxylic acids is 1. The Morgan fingerprint density at radius 1 is 1.00 bits per heavy atom. The largest absolute Gasteiger partial charge is 0.481 e. The lowest BCUT2D eigenvalue weighted by Gasteiger charge is -2.16. The minimum Gasteiger partial charge on any atom is -0.481 e. The molecule has 0 fully saturated rings. The second kappa shape index (κ2) is 9.16. The fraction of sp³-hybridized carbons (Fsp3) is 0.235. The summed E-state index contributed by atoms with van der Waals surface area (Å²) in [7, 11) is 0. The van der Waals surface area contributed by atoms with Gasteiger partial charge in [0.15, 0.2) is 0 Å². The van der Waals surface area contributed by atoms with E-state index in [1.165, 1.54) is 5.56 Å². The standard InChI is InChI=1S/C17H19NO2.ClH/c19-17(20)11-16(15-9-5-2-6-10-15)13-18-12-14-7-3-1-4-8-14;/h1-10,16,18H,11-13H2,(H,19,20);1H. The fourth-order valence-corrected chi connectivity index (χ4v) is 2.23. The Hall–Kier alpha value is -1.84. The van der Waals surface area contributed by atoms with Crippen LogP contribution in [0.3, 0.4) is 0 Å². The number of carbonyl (C=O) groups is 1. The molecule has 2 rings (SSSR count). The minimum atomic E-state index is -0.764. The monoisotopic (exact) mass is 305 g/mol. The van der Waals surface area contributed by atoms with Crippen LogP contribution in [-0.2, 0) is 11.3 Å². The Morgan fingerprint density at radius 3 is 2.14 bits per heavy atom. The molecule has 0 aliphatic heterocycles. The van der Waals surface area contributed by atoms with Crippen molar-refractivity contribution in [3.63, 3.8) is 0 Å². The summed E-state index contributed by atoms with van der Waals surface area (Å²) in [6, 6.07) is 19.9. The first-order valence-corrected chi connectivity index (χ1v) is 6.77. The molecule has 2 N–H and O–H groups in total. The number of nitrogens with one attached hydrogen (secondary N) is 1. The predicted molar refractivity (Wildman–Crippen MR) is 86.8 cm³/mol. The van der Waals surface area contributed by atoms with Crippen molar-refractivity contribution >= 4 is 18.4 Å². The van der Waals surface area contributed by atoms with Crippen LogP contribution in [0.2, 0.25) is 0 Å². The van der Waals surface area contributed by atoms with Crippen molar-refractivity contribution in [2.24, 2.45) is 0 Å². The van der Waals surface area contributed by atoms with Crippen LogP contribution < -0.4 is 5.32 Å². The van der Waals surface area contributed by atoms with E-state index in [0.717, 1.165) is 12.1 Å². The summed E-state index contributed by atoms with van der Waals surface area (Å²) in [4.78, 5) is 11.0. The molecule has 0 heterocycles. The summed E-state index contributed by atoms with van der Waals surface area (Å²) in [6.45, 7) is 1.41. The van der Waals surface area contributed by atoms with Gasteiger partial charge in [-0.2, -0.15) is 0 Å².